The summed E-state index contributed by atoms with van der Waals surface area (Å²) in [6.45, 7) is 3.15. The normalized spacial score (nSPS) is 19.7. The zero-order chi connectivity index (χ0) is 22.3. The maximum atomic E-state index is 12.9. The molecule has 1 aromatic heterocycles. The lowest BCUT2D eigenvalue weighted by molar-refractivity contribution is 0.345. The second-order valence-corrected chi connectivity index (χ2v) is 11.2. The Hall–Kier alpha value is -2.22. The molecule has 0 amide bonds. The predicted molar refractivity (Wildman–Crippen MR) is 127 cm³/mol. The molecule has 3 heterocycles. The molecule has 1 fully saturated rings. The number of hydrogen-bond donors (Lipinski definition) is 0. The van der Waals surface area contributed by atoms with Crippen LogP contribution in [-0.4, -0.2) is 37.7 Å². The molecule has 1 unspecified atom stereocenters. The molecule has 1 saturated heterocycles. The van der Waals surface area contributed by atoms with E-state index >= 15 is 0 Å². The maximum Gasteiger partial charge on any atom is 0.290 e. The molecule has 164 valence electrons. The summed E-state index contributed by atoms with van der Waals surface area (Å²) in [7, 11) is -3.39. The number of hydrogen-bond acceptors (Lipinski definition) is 5. The largest absolute Gasteiger partial charge is 0.436 e. The average molecular weight is 467 g/mol. The molecule has 32 heavy (non-hydrogen) atoms. The number of rotatable bonds is 4. The van der Waals surface area contributed by atoms with Gasteiger partial charge in [0.15, 0.2) is 15.7 Å². The van der Waals surface area contributed by atoms with Crippen LogP contribution in [0.25, 0.3) is 11.4 Å². The topological polar surface area (TPSA) is 69.2 Å². The fourth-order valence-corrected chi connectivity index (χ4v) is 6.54. The van der Waals surface area contributed by atoms with E-state index in [2.05, 4.69) is 36.1 Å². The van der Waals surface area contributed by atoms with Gasteiger partial charge in [-0.3, -0.25) is 0 Å². The molecule has 0 saturated carbocycles. The van der Waals surface area contributed by atoms with Crippen molar-refractivity contribution in [2.45, 2.75) is 43.2 Å². The molecule has 0 bridgehead atoms. The summed E-state index contributed by atoms with van der Waals surface area (Å²) in [6.07, 6.45) is 2.68. The summed E-state index contributed by atoms with van der Waals surface area (Å²) >= 11 is 6.17. The number of fused-ring (bicyclic) bond motifs is 1. The molecule has 2 aromatic carbocycles. The van der Waals surface area contributed by atoms with Gasteiger partial charge in [0.2, 0.25) is 0 Å². The highest BCUT2D eigenvalue weighted by molar-refractivity contribution is 7.91. The van der Waals surface area contributed by atoms with Crippen molar-refractivity contribution in [1.82, 2.24) is 9.97 Å². The average Bonchev–Trinajstić information content (AvgIpc) is 3.20. The van der Waals surface area contributed by atoms with Crippen LogP contribution in [0.1, 0.15) is 34.9 Å². The van der Waals surface area contributed by atoms with E-state index < -0.39 is 9.84 Å². The van der Waals surface area contributed by atoms with E-state index in [0.717, 1.165) is 24.1 Å². The van der Waals surface area contributed by atoms with Crippen LogP contribution in [0, 0.1) is 0 Å². The highest BCUT2D eigenvalue weighted by atomic mass is 35.5. The number of sulfone groups is 1. The predicted octanol–water partition coefficient (Wildman–Crippen LogP) is 4.84. The lowest BCUT2D eigenvalue weighted by Crippen LogP contribution is -2.21. The summed E-state index contributed by atoms with van der Waals surface area (Å²) in [4.78, 5) is 9.68. The fourth-order valence-electron chi connectivity index (χ4n) is 4.64. The molecule has 3 aromatic rings. The second kappa shape index (κ2) is 8.62. The molecule has 1 atom stereocenters. The van der Waals surface area contributed by atoms with Crippen molar-refractivity contribution in [1.29, 1.82) is 0 Å². The zero-order valence-corrected chi connectivity index (χ0v) is 19.5. The monoisotopic (exact) mass is 466 g/mol. The van der Waals surface area contributed by atoms with E-state index in [1.54, 1.807) is 6.07 Å². The Labute approximate surface area is 194 Å². The van der Waals surface area contributed by atoms with Crippen molar-refractivity contribution in [3.8, 4) is 11.4 Å². The van der Waals surface area contributed by atoms with Gasteiger partial charge in [-0.2, -0.15) is 0 Å². The summed E-state index contributed by atoms with van der Waals surface area (Å²) in [6, 6.07) is 15.7. The van der Waals surface area contributed by atoms with Gasteiger partial charge < -0.3 is 4.65 Å². The molecule has 2 aliphatic rings. The highest BCUT2D eigenvalue weighted by Crippen LogP contribution is 2.32. The van der Waals surface area contributed by atoms with E-state index in [4.69, 9.17) is 21.2 Å². The molecular weight excluding hydrogens is 443 g/mol. The maximum absolute atomic E-state index is 12.9. The van der Waals surface area contributed by atoms with E-state index in [1.807, 2.05) is 18.2 Å². The molecule has 0 aliphatic carbocycles. The Morgan fingerprint density at radius 3 is 2.69 bits per heavy atom. The molecule has 0 radical (unpaired) electrons. The van der Waals surface area contributed by atoms with Crippen LogP contribution >= 0.6 is 11.6 Å². The van der Waals surface area contributed by atoms with Gasteiger partial charge in [-0.15, -0.1) is 0 Å². The van der Waals surface area contributed by atoms with E-state index in [-0.39, 0.29) is 5.75 Å². The minimum absolute atomic E-state index is 0.145. The number of halogens is 1. The van der Waals surface area contributed by atoms with E-state index in [0.29, 0.717) is 59.2 Å². The molecule has 5 nitrogen and oxygen atoms in total. The summed E-state index contributed by atoms with van der Waals surface area (Å²) in [5.41, 5.74) is 4.25. The minimum Gasteiger partial charge on any atom is -0.436 e. The van der Waals surface area contributed by atoms with Gasteiger partial charge in [0, 0.05) is 29.5 Å². The van der Waals surface area contributed by atoms with Crippen molar-refractivity contribution in [3.63, 3.8) is 0 Å². The van der Waals surface area contributed by atoms with Crippen LogP contribution in [0.4, 0.5) is 0 Å². The second-order valence-electron chi connectivity index (χ2n) is 8.70. The molecule has 2 aliphatic heterocycles. The van der Waals surface area contributed by atoms with Crippen molar-refractivity contribution in [3.05, 3.63) is 76.1 Å². The Bertz CT molecular complexity index is 1260. The Morgan fingerprint density at radius 1 is 1.16 bits per heavy atom. The van der Waals surface area contributed by atoms with Crippen molar-refractivity contribution < 1.29 is 13.1 Å². The standard InChI is InChI=1S/C24H24BClN2O3S/c1-25-14-19(15-31-25)17-9-7-16(8-10-17)12-22-23-21(6-3-11-32(23,29)30)27-24(28-22)18-4-2-5-20(26)13-18/h2,4-5,7-10,13,19H,3,6,11-12,14-15H2,1H3. The number of aromatic nitrogens is 2. The van der Waals surface area contributed by atoms with Crippen molar-refractivity contribution in [2.75, 3.05) is 12.4 Å². The smallest absolute Gasteiger partial charge is 0.290 e. The molecule has 8 heteroatoms. The lowest BCUT2D eigenvalue weighted by Gasteiger charge is -2.20. The minimum atomic E-state index is -3.39. The third-order valence-electron chi connectivity index (χ3n) is 6.25. The molecule has 5 rings (SSSR count). The van der Waals surface area contributed by atoms with Crippen LogP contribution in [-0.2, 0) is 27.3 Å². The van der Waals surface area contributed by atoms with Gasteiger partial charge in [0.25, 0.3) is 6.92 Å². The van der Waals surface area contributed by atoms with Crippen molar-refractivity contribution in [2.24, 2.45) is 0 Å². The van der Waals surface area contributed by atoms with Gasteiger partial charge in [-0.1, -0.05) is 54.8 Å². The first-order valence-corrected chi connectivity index (χ1v) is 13.0. The Balaban J connectivity index is 1.53. The third-order valence-corrected chi connectivity index (χ3v) is 8.40. The summed E-state index contributed by atoms with van der Waals surface area (Å²) in [5.74, 6) is 1.08. The first-order valence-electron chi connectivity index (χ1n) is 11.0. The van der Waals surface area contributed by atoms with Gasteiger partial charge >= 0.3 is 0 Å². The van der Waals surface area contributed by atoms with Gasteiger partial charge in [0.1, 0.15) is 4.90 Å². The van der Waals surface area contributed by atoms with Gasteiger partial charge in [0.05, 0.1) is 17.1 Å². The quantitative estimate of drug-likeness (QED) is 0.514. The van der Waals surface area contributed by atoms with Crippen LogP contribution in [0.15, 0.2) is 53.4 Å². The number of aryl methyl sites for hydroxylation is 1. The van der Waals surface area contributed by atoms with Crippen LogP contribution < -0.4 is 0 Å². The Morgan fingerprint density at radius 2 is 1.97 bits per heavy atom. The van der Waals surface area contributed by atoms with E-state index in [9.17, 15) is 8.42 Å². The number of benzene rings is 2. The van der Waals surface area contributed by atoms with Crippen molar-refractivity contribution >= 4 is 28.4 Å². The lowest BCUT2D eigenvalue weighted by atomic mass is 9.65. The SMILES string of the molecule is CB1CC(c2ccc(Cc3nc(-c4cccc(Cl)c4)nc4c3S(=O)(=O)CCC4)cc2)CO1. The van der Waals surface area contributed by atoms with Crippen LogP contribution in [0.2, 0.25) is 18.2 Å². The molecular formula is C24H24BClN2O3S. The summed E-state index contributed by atoms with van der Waals surface area (Å²) < 4.78 is 31.6. The van der Waals surface area contributed by atoms with Gasteiger partial charge in [-0.25, -0.2) is 18.4 Å². The first kappa shape index (κ1) is 21.6. The van der Waals surface area contributed by atoms with Gasteiger partial charge in [-0.05, 0) is 42.4 Å². The van der Waals surface area contributed by atoms with Crippen LogP contribution in [0.3, 0.4) is 0 Å². The van der Waals surface area contributed by atoms with E-state index in [1.165, 1.54) is 5.56 Å². The summed E-state index contributed by atoms with van der Waals surface area (Å²) in [5, 5.41) is 0.596. The zero-order valence-electron chi connectivity index (χ0n) is 17.9. The fraction of sp³-hybridized carbons (Fsp3) is 0.333. The first-order chi connectivity index (χ1) is 15.4. The molecule has 0 N–H and O–H groups in total. The third kappa shape index (κ3) is 4.34. The Kier molecular flexibility index (Phi) is 5.82. The molecule has 0 spiro atoms. The van der Waals surface area contributed by atoms with Crippen LogP contribution in [0.5, 0.6) is 0 Å². The highest BCUT2D eigenvalue weighted by Gasteiger charge is 2.30. The number of nitrogens with zero attached hydrogens (tertiary/aromatic N) is 2.